The minimum atomic E-state index is -0.0790. The first kappa shape index (κ1) is 14.9. The number of hydrogen-bond donors (Lipinski definition) is 2. The topological polar surface area (TPSA) is 88.5 Å². The zero-order valence-corrected chi connectivity index (χ0v) is 13.8. The summed E-state index contributed by atoms with van der Waals surface area (Å²) >= 11 is 0. The van der Waals surface area contributed by atoms with Crippen molar-refractivity contribution in [3.63, 3.8) is 0 Å². The van der Waals surface area contributed by atoms with Gasteiger partial charge in [0.2, 0.25) is 0 Å². The highest BCUT2D eigenvalue weighted by molar-refractivity contribution is 5.80. The number of H-pyrrole nitrogens is 1. The Bertz CT molecular complexity index is 931. The van der Waals surface area contributed by atoms with Crippen LogP contribution < -0.4 is 10.9 Å². The van der Waals surface area contributed by atoms with Crippen LogP contribution in [0.4, 0.5) is 11.6 Å². The highest BCUT2D eigenvalue weighted by Crippen LogP contribution is 2.31. The van der Waals surface area contributed by atoms with Gasteiger partial charge in [-0.3, -0.25) is 14.6 Å². The summed E-state index contributed by atoms with van der Waals surface area (Å²) < 4.78 is 2.01. The lowest BCUT2D eigenvalue weighted by Gasteiger charge is -2.13. The van der Waals surface area contributed by atoms with Crippen molar-refractivity contribution in [3.8, 4) is 0 Å². The van der Waals surface area contributed by atoms with Gasteiger partial charge in [0, 0.05) is 24.0 Å². The van der Waals surface area contributed by atoms with Crippen LogP contribution in [0.25, 0.3) is 10.9 Å². The Labute approximate surface area is 139 Å². The van der Waals surface area contributed by atoms with E-state index in [1.54, 1.807) is 6.20 Å². The predicted molar refractivity (Wildman–Crippen MR) is 92.6 cm³/mol. The summed E-state index contributed by atoms with van der Waals surface area (Å²) in [4.78, 5) is 25.2. The van der Waals surface area contributed by atoms with Gasteiger partial charge in [0.15, 0.2) is 0 Å². The van der Waals surface area contributed by atoms with E-state index in [4.69, 9.17) is 0 Å². The van der Waals surface area contributed by atoms with Crippen molar-refractivity contribution in [3.05, 3.63) is 40.2 Å². The van der Waals surface area contributed by atoms with E-state index < -0.39 is 0 Å². The molecule has 3 aromatic heterocycles. The van der Waals surface area contributed by atoms with Gasteiger partial charge in [-0.15, -0.1) is 0 Å². The van der Waals surface area contributed by atoms with Gasteiger partial charge in [0.25, 0.3) is 5.56 Å². The number of fused-ring (bicyclic) bond motifs is 1. The largest absolute Gasteiger partial charge is 0.325 e. The van der Waals surface area contributed by atoms with Gasteiger partial charge in [-0.25, -0.2) is 15.0 Å². The fourth-order valence-corrected chi connectivity index (χ4v) is 3.48. The molecule has 3 heterocycles. The standard InChI is InChI=1S/C17H20N6O/c1-10-7-16(20-11(2)19-10)21-15-8-14-13(9-18-15)17(24)22-23(14)12-5-3-4-6-12/h7-9,12H,3-6H2,1-2H3,(H,22,24)(H,18,19,20,21). The molecule has 0 aliphatic heterocycles. The van der Waals surface area contributed by atoms with Gasteiger partial charge in [0.05, 0.1) is 16.9 Å². The summed E-state index contributed by atoms with van der Waals surface area (Å²) in [5, 5.41) is 6.81. The van der Waals surface area contributed by atoms with Crippen LogP contribution in [0.2, 0.25) is 0 Å². The third-order valence-electron chi connectivity index (χ3n) is 4.52. The van der Waals surface area contributed by atoms with Crippen LogP contribution in [0.3, 0.4) is 0 Å². The maximum Gasteiger partial charge on any atom is 0.273 e. The van der Waals surface area contributed by atoms with Crippen LogP contribution >= 0.6 is 0 Å². The third-order valence-corrected chi connectivity index (χ3v) is 4.52. The third kappa shape index (κ3) is 2.66. The zero-order chi connectivity index (χ0) is 16.7. The second kappa shape index (κ2) is 5.74. The molecule has 0 unspecified atom stereocenters. The Kier molecular flexibility index (Phi) is 3.55. The molecule has 1 aliphatic rings. The lowest BCUT2D eigenvalue weighted by Crippen LogP contribution is -2.10. The first-order valence-electron chi connectivity index (χ1n) is 8.30. The van der Waals surface area contributed by atoms with Crippen LogP contribution in [-0.2, 0) is 0 Å². The molecule has 0 saturated heterocycles. The minimum absolute atomic E-state index is 0.0790. The van der Waals surface area contributed by atoms with Crippen LogP contribution in [-0.4, -0.2) is 24.7 Å². The summed E-state index contributed by atoms with van der Waals surface area (Å²) in [6.07, 6.45) is 6.26. The molecule has 4 rings (SSSR count). The number of aromatic nitrogens is 5. The Hall–Kier alpha value is -2.70. The van der Waals surface area contributed by atoms with Crippen molar-refractivity contribution >= 4 is 22.5 Å². The summed E-state index contributed by atoms with van der Waals surface area (Å²) in [5.41, 5.74) is 1.71. The van der Waals surface area contributed by atoms with Gasteiger partial charge in [0.1, 0.15) is 17.5 Å². The van der Waals surface area contributed by atoms with Crippen molar-refractivity contribution < 1.29 is 0 Å². The summed E-state index contributed by atoms with van der Waals surface area (Å²) in [7, 11) is 0. The monoisotopic (exact) mass is 324 g/mol. The lowest BCUT2D eigenvalue weighted by atomic mass is 10.2. The summed E-state index contributed by atoms with van der Waals surface area (Å²) in [5.74, 6) is 2.09. The highest BCUT2D eigenvalue weighted by atomic mass is 16.1. The Morgan fingerprint density at radius 3 is 2.71 bits per heavy atom. The Morgan fingerprint density at radius 1 is 1.17 bits per heavy atom. The fraction of sp³-hybridized carbons (Fsp3) is 0.412. The molecule has 1 saturated carbocycles. The van der Waals surface area contributed by atoms with Gasteiger partial charge in [-0.1, -0.05) is 12.8 Å². The van der Waals surface area contributed by atoms with Crippen LogP contribution in [0.1, 0.15) is 43.2 Å². The molecule has 3 aromatic rings. The molecule has 124 valence electrons. The number of nitrogens with zero attached hydrogens (tertiary/aromatic N) is 4. The van der Waals surface area contributed by atoms with Crippen molar-refractivity contribution in [2.24, 2.45) is 0 Å². The van der Waals surface area contributed by atoms with E-state index in [1.807, 2.05) is 30.7 Å². The van der Waals surface area contributed by atoms with Crippen molar-refractivity contribution in [1.82, 2.24) is 24.7 Å². The highest BCUT2D eigenvalue weighted by Gasteiger charge is 2.20. The number of rotatable bonds is 3. The molecular formula is C17H20N6O. The SMILES string of the molecule is Cc1cc(Nc2cc3c(cn2)c(=O)[nH]n3C2CCCC2)nc(C)n1. The number of anilines is 2. The van der Waals surface area contributed by atoms with Crippen molar-refractivity contribution in [2.45, 2.75) is 45.6 Å². The molecule has 7 nitrogen and oxygen atoms in total. The second-order valence-corrected chi connectivity index (χ2v) is 6.40. The smallest absolute Gasteiger partial charge is 0.273 e. The Morgan fingerprint density at radius 2 is 1.96 bits per heavy atom. The molecule has 1 aliphatic carbocycles. The van der Waals surface area contributed by atoms with Crippen LogP contribution in [0.5, 0.6) is 0 Å². The molecule has 0 amide bonds. The fourth-order valence-electron chi connectivity index (χ4n) is 3.48. The van der Waals surface area contributed by atoms with Crippen LogP contribution in [0, 0.1) is 13.8 Å². The summed E-state index contributed by atoms with van der Waals surface area (Å²) in [6, 6.07) is 4.16. The molecule has 0 bridgehead atoms. The lowest BCUT2D eigenvalue weighted by molar-refractivity contribution is 0.478. The molecule has 24 heavy (non-hydrogen) atoms. The van der Waals surface area contributed by atoms with Gasteiger partial charge in [-0.2, -0.15) is 0 Å². The molecule has 2 N–H and O–H groups in total. The molecule has 0 aromatic carbocycles. The van der Waals surface area contributed by atoms with Crippen LogP contribution in [0.15, 0.2) is 23.1 Å². The number of pyridine rings is 1. The zero-order valence-electron chi connectivity index (χ0n) is 13.8. The first-order valence-corrected chi connectivity index (χ1v) is 8.30. The Balaban J connectivity index is 1.74. The van der Waals surface area contributed by atoms with Gasteiger partial charge >= 0.3 is 0 Å². The average Bonchev–Trinajstić information content (AvgIpc) is 3.14. The van der Waals surface area contributed by atoms with E-state index in [-0.39, 0.29) is 5.56 Å². The van der Waals surface area contributed by atoms with Crippen molar-refractivity contribution in [2.75, 3.05) is 5.32 Å². The van der Waals surface area contributed by atoms with E-state index in [2.05, 4.69) is 25.4 Å². The van der Waals surface area contributed by atoms with E-state index in [0.29, 0.717) is 28.9 Å². The quantitative estimate of drug-likeness (QED) is 0.773. The molecule has 7 heteroatoms. The van der Waals surface area contributed by atoms with E-state index in [9.17, 15) is 4.79 Å². The second-order valence-electron chi connectivity index (χ2n) is 6.40. The minimum Gasteiger partial charge on any atom is -0.325 e. The molecule has 0 spiro atoms. The number of aryl methyl sites for hydroxylation is 2. The predicted octanol–water partition coefficient (Wildman–Crippen LogP) is 2.99. The van der Waals surface area contributed by atoms with E-state index >= 15 is 0 Å². The molecule has 0 atom stereocenters. The number of nitrogens with one attached hydrogen (secondary N) is 2. The maximum absolute atomic E-state index is 12.2. The summed E-state index contributed by atoms with van der Waals surface area (Å²) in [6.45, 7) is 3.79. The van der Waals surface area contributed by atoms with Gasteiger partial charge < -0.3 is 5.32 Å². The first-order chi connectivity index (χ1) is 11.6. The maximum atomic E-state index is 12.2. The normalized spacial score (nSPS) is 15.2. The molecule has 1 fully saturated rings. The number of aromatic amines is 1. The van der Waals surface area contributed by atoms with E-state index in [1.165, 1.54) is 12.8 Å². The number of hydrogen-bond acceptors (Lipinski definition) is 5. The molecule has 0 radical (unpaired) electrons. The molecular weight excluding hydrogens is 304 g/mol. The van der Waals surface area contributed by atoms with Gasteiger partial charge in [-0.05, 0) is 26.7 Å². The average molecular weight is 324 g/mol. The van der Waals surface area contributed by atoms with Crippen molar-refractivity contribution in [1.29, 1.82) is 0 Å². The van der Waals surface area contributed by atoms with E-state index in [0.717, 1.165) is 24.1 Å².